The summed E-state index contributed by atoms with van der Waals surface area (Å²) in [5, 5.41) is 8.97. The average molecular weight is 157 g/mol. The number of carbonyl (C=O) groups is 2. The van der Waals surface area contributed by atoms with E-state index in [-0.39, 0.29) is 24.8 Å². The first kappa shape index (κ1) is 8.20. The molecule has 62 valence electrons. The van der Waals surface area contributed by atoms with E-state index in [4.69, 9.17) is 5.11 Å². The van der Waals surface area contributed by atoms with Crippen molar-refractivity contribution in [3.8, 4) is 0 Å². The summed E-state index contributed by atoms with van der Waals surface area (Å²) < 4.78 is 0. The first-order chi connectivity index (χ1) is 5.15. The number of nitrogens with zero attached hydrogens (tertiary/aromatic N) is 1. The molecule has 1 amide bonds. The van der Waals surface area contributed by atoms with Crippen molar-refractivity contribution in [2.75, 3.05) is 13.1 Å². The number of aliphatic hydroxyl groups excluding tert-OH is 1. The predicted molar refractivity (Wildman–Crippen MR) is 37.9 cm³/mol. The van der Waals surface area contributed by atoms with Gasteiger partial charge in [-0.2, -0.15) is 0 Å². The molecule has 0 bridgehead atoms. The number of amides is 1. The molecule has 1 fully saturated rings. The van der Waals surface area contributed by atoms with Gasteiger partial charge >= 0.3 is 0 Å². The van der Waals surface area contributed by atoms with Crippen LogP contribution in [0.2, 0.25) is 0 Å². The minimum Gasteiger partial charge on any atom is -0.383 e. The molecule has 1 saturated heterocycles. The second kappa shape index (κ2) is 3.00. The van der Waals surface area contributed by atoms with Crippen LogP contribution in [0.15, 0.2) is 0 Å². The first-order valence-corrected chi connectivity index (χ1v) is 3.63. The molecule has 1 aliphatic rings. The highest BCUT2D eigenvalue weighted by atomic mass is 16.3. The lowest BCUT2D eigenvalue weighted by Gasteiger charge is -2.11. The number of ketones is 1. The van der Waals surface area contributed by atoms with Gasteiger partial charge in [-0.3, -0.25) is 9.59 Å². The van der Waals surface area contributed by atoms with Crippen LogP contribution in [-0.4, -0.2) is 40.9 Å². The van der Waals surface area contributed by atoms with Crippen LogP contribution in [0.5, 0.6) is 0 Å². The van der Waals surface area contributed by atoms with E-state index in [0.717, 1.165) is 0 Å². The maximum absolute atomic E-state index is 11.0. The van der Waals surface area contributed by atoms with E-state index in [0.29, 0.717) is 6.42 Å². The van der Waals surface area contributed by atoms with Gasteiger partial charge < -0.3 is 10.0 Å². The fraction of sp³-hybridized carbons (Fsp3) is 0.714. The van der Waals surface area contributed by atoms with E-state index in [1.165, 1.54) is 4.90 Å². The summed E-state index contributed by atoms with van der Waals surface area (Å²) in [6, 6.07) is 0. The zero-order valence-corrected chi connectivity index (χ0v) is 6.41. The van der Waals surface area contributed by atoms with Crippen molar-refractivity contribution in [1.82, 2.24) is 4.90 Å². The van der Waals surface area contributed by atoms with E-state index < -0.39 is 6.10 Å². The van der Waals surface area contributed by atoms with Crippen molar-refractivity contribution in [3.63, 3.8) is 0 Å². The molecule has 0 radical (unpaired) electrons. The number of carbonyl (C=O) groups excluding carboxylic acids is 2. The topological polar surface area (TPSA) is 57.6 Å². The second-order valence-electron chi connectivity index (χ2n) is 2.61. The third-order valence-corrected chi connectivity index (χ3v) is 1.77. The van der Waals surface area contributed by atoms with Crippen molar-refractivity contribution >= 4 is 11.7 Å². The normalized spacial score (nSPS) is 24.4. The Morgan fingerprint density at radius 1 is 1.82 bits per heavy atom. The molecule has 1 rings (SSSR count). The van der Waals surface area contributed by atoms with Crippen LogP contribution in [0.25, 0.3) is 0 Å². The van der Waals surface area contributed by atoms with E-state index in [2.05, 4.69) is 0 Å². The highest BCUT2D eigenvalue weighted by Crippen LogP contribution is 2.06. The van der Waals surface area contributed by atoms with Gasteiger partial charge in [0.1, 0.15) is 6.10 Å². The van der Waals surface area contributed by atoms with E-state index in [1.54, 1.807) is 6.92 Å². The minimum absolute atomic E-state index is 0.0742. The quantitative estimate of drug-likeness (QED) is 0.540. The number of β-amino-alcohol motifs (C(OH)–C–C–N with tert-alkyl or cyclic N) is 1. The molecule has 1 unspecified atom stereocenters. The number of hydrogen-bond acceptors (Lipinski definition) is 3. The summed E-state index contributed by atoms with van der Waals surface area (Å²) in [7, 11) is 0. The van der Waals surface area contributed by atoms with E-state index in [9.17, 15) is 9.59 Å². The van der Waals surface area contributed by atoms with Gasteiger partial charge in [-0.15, -0.1) is 0 Å². The standard InChI is InChI=1S/C7H11NO3/c1-2-7(11)8-3-5(9)6(10)4-8/h5,9H,2-4H2,1H3. The van der Waals surface area contributed by atoms with Crippen molar-refractivity contribution in [1.29, 1.82) is 0 Å². The van der Waals surface area contributed by atoms with Crippen molar-refractivity contribution in [2.45, 2.75) is 19.4 Å². The van der Waals surface area contributed by atoms with Crippen LogP contribution >= 0.6 is 0 Å². The molecule has 11 heavy (non-hydrogen) atoms. The monoisotopic (exact) mass is 157 g/mol. The lowest BCUT2D eigenvalue weighted by molar-refractivity contribution is -0.131. The maximum Gasteiger partial charge on any atom is 0.222 e. The summed E-state index contributed by atoms with van der Waals surface area (Å²) in [5.74, 6) is -0.332. The number of rotatable bonds is 1. The molecule has 0 aliphatic carbocycles. The molecule has 0 spiro atoms. The fourth-order valence-corrected chi connectivity index (χ4v) is 1.08. The third-order valence-electron chi connectivity index (χ3n) is 1.77. The van der Waals surface area contributed by atoms with Gasteiger partial charge in [-0.1, -0.05) is 6.92 Å². The summed E-state index contributed by atoms with van der Waals surface area (Å²) in [4.78, 5) is 23.1. The molecule has 0 aromatic heterocycles. The third kappa shape index (κ3) is 1.57. The van der Waals surface area contributed by atoms with Gasteiger partial charge in [0, 0.05) is 6.42 Å². The van der Waals surface area contributed by atoms with E-state index >= 15 is 0 Å². The van der Waals surface area contributed by atoms with Crippen LogP contribution < -0.4 is 0 Å². The molecular formula is C7H11NO3. The molecule has 0 aromatic carbocycles. The largest absolute Gasteiger partial charge is 0.383 e. The fourth-order valence-electron chi connectivity index (χ4n) is 1.08. The predicted octanol–water partition coefficient (Wildman–Crippen LogP) is -0.831. The van der Waals surface area contributed by atoms with Crippen molar-refractivity contribution < 1.29 is 14.7 Å². The molecular weight excluding hydrogens is 146 g/mol. The van der Waals surface area contributed by atoms with Crippen LogP contribution in [0.1, 0.15) is 13.3 Å². The summed E-state index contributed by atoms with van der Waals surface area (Å²) >= 11 is 0. The van der Waals surface area contributed by atoms with Crippen LogP contribution in [-0.2, 0) is 9.59 Å². The lowest BCUT2D eigenvalue weighted by atomic mass is 10.3. The zero-order valence-electron chi connectivity index (χ0n) is 6.41. The Bertz CT molecular complexity index is 190. The zero-order chi connectivity index (χ0) is 8.43. The Labute approximate surface area is 64.8 Å². The number of aliphatic hydroxyl groups is 1. The Kier molecular flexibility index (Phi) is 2.24. The van der Waals surface area contributed by atoms with Gasteiger partial charge in [0.25, 0.3) is 0 Å². The second-order valence-corrected chi connectivity index (χ2v) is 2.61. The van der Waals surface area contributed by atoms with Crippen LogP contribution in [0, 0.1) is 0 Å². The van der Waals surface area contributed by atoms with Gasteiger partial charge in [0.15, 0.2) is 5.78 Å². The molecule has 1 aliphatic heterocycles. The van der Waals surface area contributed by atoms with Crippen LogP contribution in [0.4, 0.5) is 0 Å². The lowest BCUT2D eigenvalue weighted by Crippen LogP contribution is -2.28. The Morgan fingerprint density at radius 3 is 2.82 bits per heavy atom. The number of hydrogen-bond donors (Lipinski definition) is 1. The minimum atomic E-state index is -0.953. The van der Waals surface area contributed by atoms with E-state index in [1.807, 2.05) is 0 Å². The highest BCUT2D eigenvalue weighted by Gasteiger charge is 2.30. The van der Waals surface area contributed by atoms with Gasteiger partial charge in [0.05, 0.1) is 13.1 Å². The summed E-state index contributed by atoms with van der Waals surface area (Å²) in [6.45, 7) is 1.98. The number of likely N-dealkylation sites (tertiary alicyclic amines) is 1. The van der Waals surface area contributed by atoms with Crippen molar-refractivity contribution in [3.05, 3.63) is 0 Å². The Morgan fingerprint density at radius 2 is 2.45 bits per heavy atom. The molecule has 1 N–H and O–H groups in total. The molecule has 0 aromatic rings. The van der Waals surface area contributed by atoms with Gasteiger partial charge in [-0.05, 0) is 0 Å². The van der Waals surface area contributed by atoms with Crippen LogP contribution in [0.3, 0.4) is 0 Å². The number of Topliss-reactive ketones (excluding diaryl/α,β-unsaturated/α-hetero) is 1. The maximum atomic E-state index is 11.0. The summed E-state index contributed by atoms with van der Waals surface area (Å²) in [6.07, 6.45) is -0.564. The summed E-state index contributed by atoms with van der Waals surface area (Å²) in [5.41, 5.74) is 0. The molecule has 1 atom stereocenters. The van der Waals surface area contributed by atoms with Gasteiger partial charge in [0.2, 0.25) is 5.91 Å². The molecule has 4 heteroatoms. The SMILES string of the molecule is CCC(=O)N1CC(=O)C(O)C1. The Balaban J connectivity index is 2.53. The van der Waals surface area contributed by atoms with Crippen molar-refractivity contribution in [2.24, 2.45) is 0 Å². The molecule has 1 heterocycles. The molecule has 0 saturated carbocycles. The highest BCUT2D eigenvalue weighted by molar-refractivity contribution is 5.92. The Hall–Kier alpha value is -0.900. The average Bonchev–Trinajstić information content (AvgIpc) is 2.31. The molecule has 4 nitrogen and oxygen atoms in total. The van der Waals surface area contributed by atoms with Gasteiger partial charge in [-0.25, -0.2) is 0 Å². The first-order valence-electron chi connectivity index (χ1n) is 3.63. The smallest absolute Gasteiger partial charge is 0.222 e.